The lowest BCUT2D eigenvalue weighted by Crippen LogP contribution is -2.18. The molecule has 0 unspecified atom stereocenters. The number of hydrogen-bond acceptors (Lipinski definition) is 3. The molecule has 6 heteroatoms. The molecule has 1 aromatic carbocycles. The van der Waals surface area contributed by atoms with Gasteiger partial charge in [0.1, 0.15) is 12.4 Å². The SMILES string of the molecule is Cc1ccc(N)c(OCCOC(F)(F)F)c1. The zero-order chi connectivity index (χ0) is 12.2. The maximum Gasteiger partial charge on any atom is 0.522 e. The Hall–Kier alpha value is -1.43. The van der Waals surface area contributed by atoms with Crippen LogP contribution in [0, 0.1) is 6.92 Å². The number of ether oxygens (including phenoxy) is 2. The van der Waals surface area contributed by atoms with E-state index in [-0.39, 0.29) is 6.61 Å². The molecule has 0 saturated heterocycles. The Bertz CT molecular complexity index is 352. The minimum absolute atomic E-state index is 0.201. The highest BCUT2D eigenvalue weighted by atomic mass is 19.4. The van der Waals surface area contributed by atoms with Gasteiger partial charge in [0.2, 0.25) is 0 Å². The topological polar surface area (TPSA) is 44.5 Å². The third kappa shape index (κ3) is 4.39. The summed E-state index contributed by atoms with van der Waals surface area (Å²) in [5, 5.41) is 0. The Balaban J connectivity index is 2.40. The van der Waals surface area contributed by atoms with Gasteiger partial charge in [0, 0.05) is 0 Å². The number of anilines is 1. The molecule has 0 heterocycles. The van der Waals surface area contributed by atoms with Crippen LogP contribution >= 0.6 is 0 Å². The second-order valence-electron chi connectivity index (χ2n) is 3.18. The monoisotopic (exact) mass is 235 g/mol. The van der Waals surface area contributed by atoms with E-state index < -0.39 is 13.0 Å². The van der Waals surface area contributed by atoms with Crippen molar-refractivity contribution in [3.05, 3.63) is 23.8 Å². The van der Waals surface area contributed by atoms with E-state index in [1.165, 1.54) is 0 Å². The van der Waals surface area contributed by atoms with Gasteiger partial charge in [0.25, 0.3) is 0 Å². The second kappa shape index (κ2) is 5.07. The Morgan fingerprint density at radius 3 is 2.56 bits per heavy atom. The van der Waals surface area contributed by atoms with Crippen LogP contribution in [0.25, 0.3) is 0 Å². The molecular formula is C10H12F3NO2. The predicted octanol–water partition coefficient (Wildman–Crippen LogP) is 2.49. The van der Waals surface area contributed by atoms with Gasteiger partial charge in [-0.1, -0.05) is 6.07 Å². The third-order valence-electron chi connectivity index (χ3n) is 1.78. The molecule has 0 bridgehead atoms. The van der Waals surface area contributed by atoms with E-state index in [0.717, 1.165) is 5.56 Å². The van der Waals surface area contributed by atoms with Crippen LogP contribution in [0.4, 0.5) is 18.9 Å². The first-order valence-electron chi connectivity index (χ1n) is 4.58. The fourth-order valence-corrected chi connectivity index (χ4v) is 1.08. The Labute approximate surface area is 91.0 Å². The summed E-state index contributed by atoms with van der Waals surface area (Å²) in [5.41, 5.74) is 6.87. The van der Waals surface area contributed by atoms with Crippen molar-refractivity contribution in [2.24, 2.45) is 0 Å². The van der Waals surface area contributed by atoms with E-state index >= 15 is 0 Å². The van der Waals surface area contributed by atoms with Crippen molar-refractivity contribution >= 4 is 5.69 Å². The fraction of sp³-hybridized carbons (Fsp3) is 0.400. The number of aryl methyl sites for hydroxylation is 1. The minimum Gasteiger partial charge on any atom is -0.489 e. The van der Waals surface area contributed by atoms with Crippen LogP contribution in [0.1, 0.15) is 5.56 Å². The van der Waals surface area contributed by atoms with Crippen LogP contribution in [-0.4, -0.2) is 19.6 Å². The fourth-order valence-electron chi connectivity index (χ4n) is 1.08. The number of rotatable bonds is 4. The lowest BCUT2D eigenvalue weighted by Gasteiger charge is -2.11. The molecule has 0 aliphatic carbocycles. The number of halogens is 3. The molecule has 1 rings (SSSR count). The summed E-state index contributed by atoms with van der Waals surface area (Å²) < 4.78 is 43.5. The lowest BCUT2D eigenvalue weighted by molar-refractivity contribution is -0.325. The van der Waals surface area contributed by atoms with Gasteiger partial charge in [-0.15, -0.1) is 13.2 Å². The van der Waals surface area contributed by atoms with E-state index in [9.17, 15) is 13.2 Å². The Morgan fingerprint density at radius 2 is 1.94 bits per heavy atom. The van der Waals surface area contributed by atoms with Crippen LogP contribution in [0.5, 0.6) is 5.75 Å². The highest BCUT2D eigenvalue weighted by Gasteiger charge is 2.28. The predicted molar refractivity (Wildman–Crippen MR) is 53.1 cm³/mol. The average Bonchev–Trinajstić information content (AvgIpc) is 2.16. The molecule has 0 aromatic heterocycles. The van der Waals surface area contributed by atoms with Crippen molar-refractivity contribution < 1.29 is 22.6 Å². The van der Waals surface area contributed by atoms with Crippen molar-refractivity contribution in [3.63, 3.8) is 0 Å². The van der Waals surface area contributed by atoms with E-state index in [1.54, 1.807) is 18.2 Å². The van der Waals surface area contributed by atoms with Gasteiger partial charge in [-0.25, -0.2) is 0 Å². The van der Waals surface area contributed by atoms with Crippen LogP contribution < -0.4 is 10.5 Å². The Morgan fingerprint density at radius 1 is 1.25 bits per heavy atom. The van der Waals surface area contributed by atoms with Crippen LogP contribution in [0.2, 0.25) is 0 Å². The molecule has 0 fully saturated rings. The summed E-state index contributed by atoms with van der Waals surface area (Å²) in [4.78, 5) is 0. The summed E-state index contributed by atoms with van der Waals surface area (Å²) in [6, 6.07) is 5.08. The molecule has 0 spiro atoms. The zero-order valence-electron chi connectivity index (χ0n) is 8.67. The first kappa shape index (κ1) is 12.6. The van der Waals surface area contributed by atoms with Crippen molar-refractivity contribution in [2.75, 3.05) is 18.9 Å². The smallest absolute Gasteiger partial charge is 0.489 e. The molecule has 90 valence electrons. The maximum absolute atomic E-state index is 11.6. The summed E-state index contributed by atoms with van der Waals surface area (Å²) in [5.74, 6) is 0.366. The average molecular weight is 235 g/mol. The normalized spacial score (nSPS) is 11.5. The van der Waals surface area contributed by atoms with Crippen molar-refractivity contribution in [1.82, 2.24) is 0 Å². The quantitative estimate of drug-likeness (QED) is 0.644. The van der Waals surface area contributed by atoms with Gasteiger partial charge < -0.3 is 10.5 Å². The summed E-state index contributed by atoms with van der Waals surface area (Å²) in [6.07, 6.45) is -4.62. The largest absolute Gasteiger partial charge is 0.522 e. The van der Waals surface area contributed by atoms with Gasteiger partial charge in [-0.2, -0.15) is 0 Å². The molecule has 1 aromatic rings. The second-order valence-corrected chi connectivity index (χ2v) is 3.18. The van der Waals surface area contributed by atoms with Gasteiger partial charge in [-0.05, 0) is 24.6 Å². The number of alkyl halides is 3. The highest BCUT2D eigenvalue weighted by Crippen LogP contribution is 2.22. The molecule has 0 amide bonds. The molecular weight excluding hydrogens is 223 g/mol. The van der Waals surface area contributed by atoms with Crippen molar-refractivity contribution in [2.45, 2.75) is 13.3 Å². The standard InChI is InChI=1S/C10H12F3NO2/c1-7-2-3-8(14)9(6-7)15-4-5-16-10(11,12)13/h2-3,6H,4-5,14H2,1H3. The highest BCUT2D eigenvalue weighted by molar-refractivity contribution is 5.53. The first-order chi connectivity index (χ1) is 7.38. The third-order valence-corrected chi connectivity index (χ3v) is 1.78. The molecule has 0 atom stereocenters. The van der Waals surface area contributed by atoms with E-state index in [2.05, 4.69) is 4.74 Å². The number of nitrogens with two attached hydrogens (primary N) is 1. The molecule has 3 nitrogen and oxygen atoms in total. The maximum atomic E-state index is 11.6. The molecule has 2 N–H and O–H groups in total. The van der Waals surface area contributed by atoms with Crippen LogP contribution in [-0.2, 0) is 4.74 Å². The van der Waals surface area contributed by atoms with Gasteiger partial charge >= 0.3 is 6.36 Å². The zero-order valence-corrected chi connectivity index (χ0v) is 8.67. The number of nitrogen functional groups attached to an aromatic ring is 1. The first-order valence-corrected chi connectivity index (χ1v) is 4.58. The van der Waals surface area contributed by atoms with Gasteiger partial charge in [0.05, 0.1) is 12.3 Å². The lowest BCUT2D eigenvalue weighted by atomic mass is 10.2. The summed E-state index contributed by atoms with van der Waals surface area (Å²) in [6.45, 7) is 1.07. The molecule has 0 aliphatic heterocycles. The molecule has 0 saturated carbocycles. The molecule has 0 radical (unpaired) electrons. The number of hydrogen-bond donors (Lipinski definition) is 1. The van der Waals surface area contributed by atoms with Crippen molar-refractivity contribution in [1.29, 1.82) is 0 Å². The molecule has 0 aliphatic rings. The van der Waals surface area contributed by atoms with Gasteiger partial charge in [0.15, 0.2) is 0 Å². The number of benzene rings is 1. The molecule has 16 heavy (non-hydrogen) atoms. The summed E-state index contributed by atoms with van der Waals surface area (Å²) in [7, 11) is 0. The Kier molecular flexibility index (Phi) is 4.00. The van der Waals surface area contributed by atoms with Crippen molar-refractivity contribution in [3.8, 4) is 5.75 Å². The van der Waals surface area contributed by atoms with Crippen LogP contribution in [0.3, 0.4) is 0 Å². The van der Waals surface area contributed by atoms with E-state index in [1.807, 2.05) is 6.92 Å². The van der Waals surface area contributed by atoms with Crippen LogP contribution in [0.15, 0.2) is 18.2 Å². The van der Waals surface area contributed by atoms with E-state index in [4.69, 9.17) is 10.5 Å². The summed E-state index contributed by atoms with van der Waals surface area (Å²) >= 11 is 0. The minimum atomic E-state index is -4.62. The van der Waals surface area contributed by atoms with E-state index in [0.29, 0.717) is 11.4 Å². The van der Waals surface area contributed by atoms with Gasteiger partial charge in [-0.3, -0.25) is 4.74 Å².